The van der Waals surface area contributed by atoms with E-state index in [0.29, 0.717) is 18.1 Å². The summed E-state index contributed by atoms with van der Waals surface area (Å²) in [6.07, 6.45) is 1.97. The van der Waals surface area contributed by atoms with Crippen molar-refractivity contribution in [3.05, 3.63) is 53.1 Å². The standard InChI is InChI=1S/C20H18O6/c1-23-16-8-11(3-5-14(16)21)7-13-18-20(26-18,19(13)10-25-19)12-4-6-15(22)17(9-12)24-2/h3-9,18,21-22H,10H2,1-2H3/b13-7-/t18-,19-,20-/m0/s1. The second-order valence-electron chi connectivity index (χ2n) is 6.77. The number of rotatable bonds is 4. The molecule has 2 aliphatic heterocycles. The second-order valence-corrected chi connectivity index (χ2v) is 6.77. The summed E-state index contributed by atoms with van der Waals surface area (Å²) in [6, 6.07) is 10.5. The van der Waals surface area contributed by atoms with E-state index in [9.17, 15) is 10.2 Å². The lowest BCUT2D eigenvalue weighted by atomic mass is 9.65. The van der Waals surface area contributed by atoms with Crippen molar-refractivity contribution in [1.29, 1.82) is 0 Å². The highest BCUT2D eigenvalue weighted by Crippen LogP contribution is 2.76. The van der Waals surface area contributed by atoms with E-state index in [1.54, 1.807) is 24.3 Å². The third kappa shape index (κ3) is 1.78. The SMILES string of the molecule is COc1cc(/C=C2/[C@@H]3O[C@]3(c3ccc(O)c(OC)c3)[C@]23CO3)ccc1O. The molecule has 1 aliphatic carbocycles. The van der Waals surface area contributed by atoms with Crippen molar-refractivity contribution in [2.24, 2.45) is 0 Å². The zero-order valence-electron chi connectivity index (χ0n) is 14.4. The van der Waals surface area contributed by atoms with Crippen LogP contribution in [-0.2, 0) is 15.1 Å². The average Bonchev–Trinajstić information content (AvgIpc) is 3.54. The highest BCUT2D eigenvalue weighted by molar-refractivity contribution is 5.71. The number of fused-ring (bicyclic) bond motifs is 2. The molecule has 0 bridgehead atoms. The van der Waals surface area contributed by atoms with Crippen LogP contribution in [0.25, 0.3) is 6.08 Å². The van der Waals surface area contributed by atoms with E-state index in [4.69, 9.17) is 18.9 Å². The number of methoxy groups -OCH3 is 2. The van der Waals surface area contributed by atoms with Gasteiger partial charge in [-0.3, -0.25) is 0 Å². The van der Waals surface area contributed by atoms with Gasteiger partial charge in [-0.1, -0.05) is 12.1 Å². The van der Waals surface area contributed by atoms with Crippen molar-refractivity contribution in [2.45, 2.75) is 17.3 Å². The molecular formula is C20H18O6. The monoisotopic (exact) mass is 354 g/mol. The van der Waals surface area contributed by atoms with E-state index >= 15 is 0 Å². The average molecular weight is 354 g/mol. The molecule has 6 nitrogen and oxygen atoms in total. The van der Waals surface area contributed by atoms with Gasteiger partial charge in [-0.25, -0.2) is 0 Å². The van der Waals surface area contributed by atoms with Crippen LogP contribution in [0.3, 0.4) is 0 Å². The maximum absolute atomic E-state index is 9.83. The molecule has 134 valence electrons. The van der Waals surface area contributed by atoms with Gasteiger partial charge < -0.3 is 29.2 Å². The predicted octanol–water partition coefficient (Wildman–Crippen LogP) is 2.58. The Hall–Kier alpha value is -2.70. The smallest absolute Gasteiger partial charge is 0.161 e. The molecule has 2 heterocycles. The molecule has 1 saturated carbocycles. The van der Waals surface area contributed by atoms with Gasteiger partial charge in [0.2, 0.25) is 0 Å². The first-order valence-electron chi connectivity index (χ1n) is 8.34. The molecular weight excluding hydrogens is 336 g/mol. The van der Waals surface area contributed by atoms with E-state index < -0.39 is 11.2 Å². The number of phenolic OH excluding ortho intramolecular Hbond substituents is 2. The minimum atomic E-state index is -0.499. The molecule has 1 spiro atoms. The molecule has 6 heteroatoms. The number of epoxide rings is 2. The van der Waals surface area contributed by atoms with Crippen molar-refractivity contribution in [3.8, 4) is 23.0 Å². The molecule has 2 aromatic rings. The van der Waals surface area contributed by atoms with Crippen LogP contribution < -0.4 is 9.47 Å². The molecule has 0 aromatic heterocycles. The topological polar surface area (TPSA) is 84.0 Å². The first-order chi connectivity index (χ1) is 12.6. The molecule has 2 saturated heterocycles. The van der Waals surface area contributed by atoms with Gasteiger partial charge in [0.1, 0.15) is 6.10 Å². The Labute approximate surface area is 150 Å². The molecule has 0 unspecified atom stereocenters. The van der Waals surface area contributed by atoms with Crippen LogP contribution in [0.15, 0.2) is 42.0 Å². The van der Waals surface area contributed by atoms with Gasteiger partial charge in [0, 0.05) is 0 Å². The van der Waals surface area contributed by atoms with Gasteiger partial charge in [0.25, 0.3) is 0 Å². The van der Waals surface area contributed by atoms with Crippen molar-refractivity contribution in [3.63, 3.8) is 0 Å². The van der Waals surface area contributed by atoms with Crippen LogP contribution >= 0.6 is 0 Å². The molecule has 5 rings (SSSR count). The lowest BCUT2D eigenvalue weighted by Crippen LogP contribution is -2.47. The largest absolute Gasteiger partial charge is 0.504 e. The Morgan fingerprint density at radius 1 is 1.04 bits per heavy atom. The highest BCUT2D eigenvalue weighted by Gasteiger charge is 2.89. The summed E-state index contributed by atoms with van der Waals surface area (Å²) in [4.78, 5) is 0. The predicted molar refractivity (Wildman–Crippen MR) is 92.5 cm³/mol. The van der Waals surface area contributed by atoms with Crippen LogP contribution in [-0.4, -0.2) is 42.7 Å². The van der Waals surface area contributed by atoms with Crippen LogP contribution in [0, 0.1) is 0 Å². The zero-order valence-corrected chi connectivity index (χ0v) is 14.4. The van der Waals surface area contributed by atoms with Gasteiger partial charge in [0.05, 0.1) is 20.8 Å². The summed E-state index contributed by atoms with van der Waals surface area (Å²) in [6.45, 7) is 0.591. The molecule has 3 aliphatic rings. The van der Waals surface area contributed by atoms with Crippen molar-refractivity contribution < 1.29 is 29.2 Å². The fourth-order valence-corrected chi connectivity index (χ4v) is 4.06. The van der Waals surface area contributed by atoms with Crippen molar-refractivity contribution in [1.82, 2.24) is 0 Å². The molecule has 0 amide bonds. The minimum Gasteiger partial charge on any atom is -0.504 e. The fraction of sp³-hybridized carbons (Fsp3) is 0.300. The summed E-state index contributed by atoms with van der Waals surface area (Å²) < 4.78 is 22.3. The number of hydrogen-bond acceptors (Lipinski definition) is 6. The molecule has 2 aromatic carbocycles. The molecule has 3 atom stereocenters. The first-order valence-corrected chi connectivity index (χ1v) is 8.34. The summed E-state index contributed by atoms with van der Waals surface area (Å²) in [5, 5.41) is 19.6. The fourth-order valence-electron chi connectivity index (χ4n) is 4.06. The van der Waals surface area contributed by atoms with Crippen LogP contribution in [0.1, 0.15) is 11.1 Å². The van der Waals surface area contributed by atoms with Crippen LogP contribution in [0.5, 0.6) is 23.0 Å². The van der Waals surface area contributed by atoms with E-state index in [1.807, 2.05) is 18.2 Å². The Bertz CT molecular complexity index is 945. The highest BCUT2D eigenvalue weighted by atomic mass is 16.7. The van der Waals surface area contributed by atoms with Gasteiger partial charge in [-0.2, -0.15) is 0 Å². The summed E-state index contributed by atoms with van der Waals surface area (Å²) in [5.74, 6) is 1.05. The quantitative estimate of drug-likeness (QED) is 0.821. The third-order valence-corrected chi connectivity index (χ3v) is 5.53. The molecule has 2 N–H and O–H groups in total. The number of hydrogen-bond donors (Lipinski definition) is 2. The Morgan fingerprint density at radius 3 is 2.35 bits per heavy atom. The summed E-state index contributed by atoms with van der Waals surface area (Å²) in [7, 11) is 3.05. The number of benzene rings is 2. The first kappa shape index (κ1) is 15.5. The van der Waals surface area contributed by atoms with E-state index in [-0.39, 0.29) is 17.6 Å². The van der Waals surface area contributed by atoms with Crippen molar-refractivity contribution in [2.75, 3.05) is 20.8 Å². The van der Waals surface area contributed by atoms with Crippen molar-refractivity contribution >= 4 is 6.08 Å². The van der Waals surface area contributed by atoms with Gasteiger partial charge in [-0.05, 0) is 47.0 Å². The lowest BCUT2D eigenvalue weighted by molar-refractivity contribution is 0.186. The molecule has 3 fully saturated rings. The van der Waals surface area contributed by atoms with Gasteiger partial charge in [0.15, 0.2) is 34.2 Å². The maximum Gasteiger partial charge on any atom is 0.161 e. The molecule has 26 heavy (non-hydrogen) atoms. The third-order valence-electron chi connectivity index (χ3n) is 5.53. The summed E-state index contributed by atoms with van der Waals surface area (Å²) in [5.41, 5.74) is 1.98. The number of ether oxygens (including phenoxy) is 4. The Balaban J connectivity index is 1.50. The van der Waals surface area contributed by atoms with E-state index in [0.717, 1.165) is 16.7 Å². The van der Waals surface area contributed by atoms with Crippen LogP contribution in [0.4, 0.5) is 0 Å². The maximum atomic E-state index is 9.83. The second kappa shape index (κ2) is 4.93. The number of aromatic hydroxyl groups is 2. The Kier molecular flexibility index (Phi) is 2.95. The normalized spacial score (nSPS) is 32.1. The van der Waals surface area contributed by atoms with Crippen LogP contribution in [0.2, 0.25) is 0 Å². The summed E-state index contributed by atoms with van der Waals surface area (Å²) >= 11 is 0. The number of phenols is 2. The zero-order chi connectivity index (χ0) is 18.1. The molecule has 0 radical (unpaired) electrons. The van der Waals surface area contributed by atoms with Gasteiger partial charge >= 0.3 is 0 Å². The minimum absolute atomic E-state index is 0.0564. The van der Waals surface area contributed by atoms with Gasteiger partial charge in [-0.15, -0.1) is 0 Å². The lowest BCUT2D eigenvalue weighted by Gasteiger charge is -2.32. The Morgan fingerprint density at radius 2 is 1.69 bits per heavy atom. The van der Waals surface area contributed by atoms with E-state index in [2.05, 4.69) is 0 Å². The van der Waals surface area contributed by atoms with E-state index in [1.165, 1.54) is 14.2 Å².